The lowest BCUT2D eigenvalue weighted by Crippen LogP contribution is -2.48. The third-order valence-corrected chi connectivity index (χ3v) is 4.49. The number of aryl methyl sites for hydroxylation is 1. The summed E-state index contributed by atoms with van der Waals surface area (Å²) in [5.41, 5.74) is 1.49. The first kappa shape index (κ1) is 19.4. The third kappa shape index (κ3) is 5.10. The van der Waals surface area contributed by atoms with Gasteiger partial charge in [-0.25, -0.2) is 0 Å². The van der Waals surface area contributed by atoms with Gasteiger partial charge in [-0.15, -0.1) is 0 Å². The Kier molecular flexibility index (Phi) is 6.27. The summed E-state index contributed by atoms with van der Waals surface area (Å²) < 4.78 is 5.59. The summed E-state index contributed by atoms with van der Waals surface area (Å²) in [5.74, 6) is 0.931. The van der Waals surface area contributed by atoms with E-state index in [-0.39, 0.29) is 17.9 Å². The molecule has 0 saturated heterocycles. The molecule has 3 aromatic rings. The molecule has 2 unspecified atom stereocenters. The van der Waals surface area contributed by atoms with Crippen LogP contribution in [-0.2, 0) is 11.2 Å². The molecule has 144 valence electrons. The number of benzene rings is 2. The van der Waals surface area contributed by atoms with Crippen molar-refractivity contribution in [3.8, 4) is 0 Å². The summed E-state index contributed by atoms with van der Waals surface area (Å²) in [6.45, 7) is 3.71. The zero-order chi connectivity index (χ0) is 19.9. The Labute approximate surface area is 164 Å². The molecule has 0 aliphatic rings. The van der Waals surface area contributed by atoms with Gasteiger partial charge in [0.15, 0.2) is 0 Å². The zero-order valence-electron chi connectivity index (χ0n) is 16.0. The highest BCUT2D eigenvalue weighted by Crippen LogP contribution is 2.16. The van der Waals surface area contributed by atoms with Gasteiger partial charge >= 0.3 is 0 Å². The Morgan fingerprint density at radius 2 is 1.54 bits per heavy atom. The Balaban J connectivity index is 1.74. The van der Waals surface area contributed by atoms with E-state index in [1.807, 2.05) is 62.4 Å². The molecule has 0 saturated carbocycles. The van der Waals surface area contributed by atoms with Crippen LogP contribution in [0, 0.1) is 6.92 Å². The molecule has 0 aliphatic carbocycles. The van der Waals surface area contributed by atoms with E-state index in [2.05, 4.69) is 10.6 Å². The molecule has 0 bridgehead atoms. The van der Waals surface area contributed by atoms with E-state index in [1.165, 1.54) is 0 Å². The maximum Gasteiger partial charge on any atom is 0.251 e. The molecular weight excluding hydrogens is 352 g/mol. The van der Waals surface area contributed by atoms with Gasteiger partial charge in [0.2, 0.25) is 5.91 Å². The minimum absolute atomic E-state index is 0.255. The summed E-state index contributed by atoms with van der Waals surface area (Å²) in [7, 11) is 0. The van der Waals surface area contributed by atoms with Crippen LogP contribution in [0.25, 0.3) is 0 Å². The van der Waals surface area contributed by atoms with Crippen molar-refractivity contribution in [1.29, 1.82) is 0 Å². The fraction of sp³-hybridized carbons (Fsp3) is 0.217. The van der Waals surface area contributed by atoms with E-state index in [0.717, 1.165) is 11.3 Å². The van der Waals surface area contributed by atoms with Crippen molar-refractivity contribution >= 4 is 11.8 Å². The minimum atomic E-state index is -0.700. The predicted octanol–water partition coefficient (Wildman–Crippen LogP) is 3.81. The number of hydrogen-bond donors (Lipinski definition) is 2. The van der Waals surface area contributed by atoms with Crippen LogP contribution in [0.2, 0.25) is 0 Å². The van der Waals surface area contributed by atoms with Crippen LogP contribution in [0.5, 0.6) is 0 Å². The maximum absolute atomic E-state index is 12.9. The fourth-order valence-electron chi connectivity index (χ4n) is 2.96. The monoisotopic (exact) mass is 376 g/mol. The number of hydrogen-bond acceptors (Lipinski definition) is 3. The lowest BCUT2D eigenvalue weighted by atomic mass is 10.0. The van der Waals surface area contributed by atoms with Crippen LogP contribution >= 0.6 is 0 Å². The van der Waals surface area contributed by atoms with Crippen molar-refractivity contribution in [3.05, 3.63) is 95.4 Å². The van der Waals surface area contributed by atoms with Crippen LogP contribution in [0.3, 0.4) is 0 Å². The molecule has 0 spiro atoms. The van der Waals surface area contributed by atoms with Crippen molar-refractivity contribution in [2.75, 3.05) is 0 Å². The number of nitrogens with one attached hydrogen (secondary N) is 2. The first-order valence-electron chi connectivity index (χ1n) is 9.29. The number of rotatable bonds is 7. The van der Waals surface area contributed by atoms with Gasteiger partial charge in [0.1, 0.15) is 17.6 Å². The Morgan fingerprint density at radius 1 is 0.893 bits per heavy atom. The van der Waals surface area contributed by atoms with Gasteiger partial charge in [-0.3, -0.25) is 9.59 Å². The zero-order valence-corrected chi connectivity index (χ0v) is 16.0. The largest absolute Gasteiger partial charge is 0.464 e. The van der Waals surface area contributed by atoms with Gasteiger partial charge in [0.05, 0.1) is 6.04 Å². The van der Waals surface area contributed by atoms with Crippen LogP contribution in [0.4, 0.5) is 0 Å². The molecule has 3 rings (SSSR count). The Bertz CT molecular complexity index is 919. The molecule has 0 fully saturated rings. The lowest BCUT2D eigenvalue weighted by molar-refractivity contribution is -0.123. The highest BCUT2D eigenvalue weighted by Gasteiger charge is 2.24. The van der Waals surface area contributed by atoms with Gasteiger partial charge in [0.25, 0.3) is 5.91 Å². The van der Waals surface area contributed by atoms with Crippen LogP contribution in [0.1, 0.15) is 40.4 Å². The summed E-state index contributed by atoms with van der Waals surface area (Å²) in [6.07, 6.45) is 0.398. The highest BCUT2D eigenvalue weighted by molar-refractivity contribution is 5.97. The van der Waals surface area contributed by atoms with Crippen LogP contribution in [0.15, 0.2) is 77.2 Å². The molecule has 1 aromatic heterocycles. The molecule has 28 heavy (non-hydrogen) atoms. The van der Waals surface area contributed by atoms with Crippen molar-refractivity contribution in [2.45, 2.75) is 32.4 Å². The molecule has 5 nitrogen and oxygen atoms in total. The standard InChI is InChI=1S/C23H24N2O3/c1-16-13-14-21(28-16)17(2)24-23(27)20(15-18-9-5-3-6-10-18)25-22(26)19-11-7-4-8-12-19/h3-14,17,20H,15H2,1-2H3,(H,24,27)(H,25,26). The summed E-state index contributed by atoms with van der Waals surface area (Å²) in [5, 5.41) is 5.80. The number of carbonyl (C=O) groups is 2. The second-order valence-electron chi connectivity index (χ2n) is 6.76. The molecule has 1 heterocycles. The highest BCUT2D eigenvalue weighted by atomic mass is 16.3. The minimum Gasteiger partial charge on any atom is -0.464 e. The van der Waals surface area contributed by atoms with Crippen molar-refractivity contribution in [2.24, 2.45) is 0 Å². The molecule has 5 heteroatoms. The summed E-state index contributed by atoms with van der Waals surface area (Å²) in [6, 6.07) is 21.2. The number of carbonyl (C=O) groups excluding carboxylic acids is 2. The van der Waals surface area contributed by atoms with E-state index < -0.39 is 6.04 Å². The Morgan fingerprint density at radius 3 is 2.14 bits per heavy atom. The molecule has 2 amide bonds. The molecule has 2 aromatic carbocycles. The fourth-order valence-corrected chi connectivity index (χ4v) is 2.96. The lowest BCUT2D eigenvalue weighted by Gasteiger charge is -2.21. The topological polar surface area (TPSA) is 71.3 Å². The average molecular weight is 376 g/mol. The molecule has 0 radical (unpaired) electrons. The smallest absolute Gasteiger partial charge is 0.251 e. The van der Waals surface area contributed by atoms with Gasteiger partial charge in [-0.2, -0.15) is 0 Å². The molecular formula is C23H24N2O3. The van der Waals surface area contributed by atoms with E-state index in [4.69, 9.17) is 4.42 Å². The van der Waals surface area contributed by atoms with Crippen LogP contribution in [-0.4, -0.2) is 17.9 Å². The normalized spacial score (nSPS) is 12.8. The van der Waals surface area contributed by atoms with E-state index in [0.29, 0.717) is 17.7 Å². The Hall–Kier alpha value is -3.34. The van der Waals surface area contributed by atoms with E-state index >= 15 is 0 Å². The van der Waals surface area contributed by atoms with E-state index in [1.54, 1.807) is 24.3 Å². The predicted molar refractivity (Wildman–Crippen MR) is 108 cm³/mol. The van der Waals surface area contributed by atoms with Gasteiger partial charge in [-0.05, 0) is 43.7 Å². The molecule has 2 N–H and O–H groups in total. The maximum atomic E-state index is 12.9. The van der Waals surface area contributed by atoms with Gasteiger partial charge in [-0.1, -0.05) is 48.5 Å². The number of amides is 2. The first-order valence-corrected chi connectivity index (χ1v) is 9.29. The second kappa shape index (κ2) is 9.04. The second-order valence-corrected chi connectivity index (χ2v) is 6.76. The number of furan rings is 1. The summed E-state index contributed by atoms with van der Waals surface area (Å²) in [4.78, 5) is 25.5. The SMILES string of the molecule is Cc1ccc(C(C)NC(=O)C(Cc2ccccc2)NC(=O)c2ccccc2)o1. The third-order valence-electron chi connectivity index (χ3n) is 4.49. The summed E-state index contributed by atoms with van der Waals surface area (Å²) >= 11 is 0. The molecule has 2 atom stereocenters. The average Bonchev–Trinajstić information content (AvgIpc) is 3.15. The quantitative estimate of drug-likeness (QED) is 0.659. The molecule has 0 aliphatic heterocycles. The van der Waals surface area contributed by atoms with E-state index in [9.17, 15) is 9.59 Å². The van der Waals surface area contributed by atoms with Crippen LogP contribution < -0.4 is 10.6 Å². The van der Waals surface area contributed by atoms with Crippen molar-refractivity contribution in [1.82, 2.24) is 10.6 Å². The van der Waals surface area contributed by atoms with Crippen molar-refractivity contribution in [3.63, 3.8) is 0 Å². The first-order chi connectivity index (χ1) is 13.5. The van der Waals surface area contributed by atoms with Gasteiger partial charge < -0.3 is 15.1 Å². The van der Waals surface area contributed by atoms with Gasteiger partial charge in [0, 0.05) is 12.0 Å². The van der Waals surface area contributed by atoms with Crippen molar-refractivity contribution < 1.29 is 14.0 Å².